The zero-order valence-corrected chi connectivity index (χ0v) is 9.57. The van der Waals surface area contributed by atoms with E-state index in [9.17, 15) is 9.59 Å². The highest BCUT2D eigenvalue weighted by atomic mass is 32.1. The molecule has 0 radical (unpaired) electrons. The van der Waals surface area contributed by atoms with Crippen LogP contribution in [0.5, 0.6) is 0 Å². The van der Waals surface area contributed by atoms with Crippen LogP contribution in [0.4, 0.5) is 0 Å². The maximum Gasteiger partial charge on any atom is 0.273 e. The van der Waals surface area contributed by atoms with Gasteiger partial charge in [0, 0.05) is 17.5 Å². The predicted octanol–water partition coefficient (Wildman–Crippen LogP) is 1.72. The molecule has 2 aliphatic rings. The van der Waals surface area contributed by atoms with Crippen LogP contribution in [-0.4, -0.2) is 34.2 Å². The van der Waals surface area contributed by atoms with Crippen molar-refractivity contribution in [3.8, 4) is 0 Å². The molecule has 2 bridgehead atoms. The van der Waals surface area contributed by atoms with Crippen LogP contribution < -0.4 is 0 Å². The molecule has 0 spiro atoms. The minimum atomic E-state index is 0.00866. The second-order valence-corrected chi connectivity index (χ2v) is 5.25. The van der Waals surface area contributed by atoms with E-state index in [1.165, 1.54) is 11.3 Å². The lowest BCUT2D eigenvalue weighted by Crippen LogP contribution is -2.35. The highest BCUT2D eigenvalue weighted by Gasteiger charge is 2.42. The predicted molar refractivity (Wildman–Crippen MR) is 59.7 cm³/mol. The molecule has 4 nitrogen and oxygen atoms in total. The van der Waals surface area contributed by atoms with Gasteiger partial charge in [-0.25, -0.2) is 4.98 Å². The van der Waals surface area contributed by atoms with Crippen LogP contribution in [0, 0.1) is 0 Å². The molecule has 2 saturated heterocycles. The number of thiazole rings is 1. The molecule has 0 aromatic carbocycles. The summed E-state index contributed by atoms with van der Waals surface area (Å²) >= 11 is 1.23. The zero-order valence-electron chi connectivity index (χ0n) is 8.76. The van der Waals surface area contributed by atoms with E-state index in [1.54, 1.807) is 5.38 Å². The number of hydrogen-bond acceptors (Lipinski definition) is 4. The molecule has 0 saturated carbocycles. The van der Waals surface area contributed by atoms with Gasteiger partial charge in [0.05, 0.1) is 0 Å². The van der Waals surface area contributed by atoms with Gasteiger partial charge in [0.1, 0.15) is 5.69 Å². The summed E-state index contributed by atoms with van der Waals surface area (Å²) in [4.78, 5) is 28.7. The minimum absolute atomic E-state index is 0.00866. The van der Waals surface area contributed by atoms with E-state index in [1.807, 2.05) is 4.90 Å². The van der Waals surface area contributed by atoms with E-state index >= 15 is 0 Å². The molecule has 3 heterocycles. The summed E-state index contributed by atoms with van der Waals surface area (Å²) in [5.41, 5.74) is 0.436. The Kier molecular flexibility index (Phi) is 2.28. The molecule has 1 aromatic rings. The maximum atomic E-state index is 12.2. The second-order valence-electron chi connectivity index (χ2n) is 4.36. The van der Waals surface area contributed by atoms with Crippen LogP contribution in [0.15, 0.2) is 5.38 Å². The van der Waals surface area contributed by atoms with Crippen LogP contribution in [0.3, 0.4) is 0 Å². The summed E-state index contributed by atoms with van der Waals surface area (Å²) in [5.74, 6) is 0.00866. The van der Waals surface area contributed by atoms with Gasteiger partial charge in [0.25, 0.3) is 5.91 Å². The second kappa shape index (κ2) is 3.66. The maximum absolute atomic E-state index is 12.2. The van der Waals surface area contributed by atoms with Crippen molar-refractivity contribution in [1.29, 1.82) is 0 Å². The van der Waals surface area contributed by atoms with E-state index in [-0.39, 0.29) is 5.91 Å². The molecule has 0 aliphatic carbocycles. The minimum Gasteiger partial charge on any atom is -0.331 e. The van der Waals surface area contributed by atoms with Gasteiger partial charge in [0.15, 0.2) is 11.3 Å². The third-order valence-electron chi connectivity index (χ3n) is 3.53. The first-order valence-electron chi connectivity index (χ1n) is 5.53. The van der Waals surface area contributed by atoms with E-state index in [0.717, 1.165) is 25.7 Å². The number of aromatic nitrogens is 1. The Labute approximate surface area is 97.3 Å². The molecular formula is C11H12N2O2S. The Morgan fingerprint density at radius 3 is 2.50 bits per heavy atom. The van der Waals surface area contributed by atoms with E-state index in [0.29, 0.717) is 29.1 Å². The number of amides is 1. The number of carbonyl (C=O) groups excluding carboxylic acids is 2. The summed E-state index contributed by atoms with van der Waals surface area (Å²) in [6, 6.07) is 0.831. The molecule has 2 aliphatic heterocycles. The van der Waals surface area contributed by atoms with Crippen molar-refractivity contribution >= 4 is 23.5 Å². The van der Waals surface area contributed by atoms with Gasteiger partial charge in [-0.05, 0) is 25.7 Å². The fraction of sp³-hybridized carbons (Fsp3) is 0.545. The molecule has 0 unspecified atom stereocenters. The van der Waals surface area contributed by atoms with Gasteiger partial charge in [-0.3, -0.25) is 9.59 Å². The first-order chi connectivity index (χ1) is 7.79. The van der Waals surface area contributed by atoms with Crippen LogP contribution in [0.1, 0.15) is 46.0 Å². The van der Waals surface area contributed by atoms with Gasteiger partial charge in [-0.1, -0.05) is 0 Å². The van der Waals surface area contributed by atoms with E-state index in [4.69, 9.17) is 0 Å². The molecule has 3 rings (SSSR count). The lowest BCUT2D eigenvalue weighted by Gasteiger charge is -2.20. The fourth-order valence-electron chi connectivity index (χ4n) is 2.82. The molecule has 2 fully saturated rings. The number of nitrogens with zero attached hydrogens (tertiary/aromatic N) is 2. The van der Waals surface area contributed by atoms with Crippen LogP contribution >= 0.6 is 11.3 Å². The van der Waals surface area contributed by atoms with Gasteiger partial charge in [0.2, 0.25) is 0 Å². The largest absolute Gasteiger partial charge is 0.331 e. The topological polar surface area (TPSA) is 50.3 Å². The first kappa shape index (κ1) is 9.96. The Morgan fingerprint density at radius 2 is 2.00 bits per heavy atom. The van der Waals surface area contributed by atoms with Crippen molar-refractivity contribution in [2.45, 2.75) is 37.8 Å². The van der Waals surface area contributed by atoms with E-state index < -0.39 is 0 Å². The quantitative estimate of drug-likeness (QED) is 0.735. The number of aldehydes is 1. The van der Waals surface area contributed by atoms with Crippen LogP contribution in [0.2, 0.25) is 0 Å². The molecular weight excluding hydrogens is 224 g/mol. The highest BCUT2D eigenvalue weighted by Crippen LogP contribution is 2.38. The smallest absolute Gasteiger partial charge is 0.273 e. The molecule has 16 heavy (non-hydrogen) atoms. The van der Waals surface area contributed by atoms with Gasteiger partial charge in [-0.15, -0.1) is 11.3 Å². The summed E-state index contributed by atoms with van der Waals surface area (Å²) in [6.45, 7) is 0. The molecule has 0 N–H and O–H groups in total. The standard InChI is InChI=1S/C11H12N2O2S/c14-5-10-12-9(6-16-10)11(15)13-7-1-2-8(13)4-3-7/h5-8H,1-4H2. The normalized spacial score (nSPS) is 27.4. The van der Waals surface area contributed by atoms with Crippen molar-refractivity contribution in [2.75, 3.05) is 0 Å². The Balaban J connectivity index is 1.85. The van der Waals surface area contributed by atoms with Crippen molar-refractivity contribution < 1.29 is 9.59 Å². The average Bonchev–Trinajstić information content (AvgIpc) is 3.03. The zero-order chi connectivity index (χ0) is 11.1. The lowest BCUT2D eigenvalue weighted by molar-refractivity contribution is 0.0724. The number of fused-ring (bicyclic) bond motifs is 2. The van der Waals surface area contributed by atoms with Gasteiger partial charge >= 0.3 is 0 Å². The third kappa shape index (κ3) is 1.38. The number of hydrogen-bond donors (Lipinski definition) is 0. The van der Waals surface area contributed by atoms with Crippen molar-refractivity contribution in [3.05, 3.63) is 16.1 Å². The molecule has 1 amide bonds. The van der Waals surface area contributed by atoms with Crippen LogP contribution in [0.25, 0.3) is 0 Å². The number of carbonyl (C=O) groups is 2. The fourth-order valence-corrected chi connectivity index (χ4v) is 3.41. The summed E-state index contributed by atoms with van der Waals surface area (Å²) in [6.07, 6.45) is 5.20. The summed E-state index contributed by atoms with van der Waals surface area (Å²) < 4.78 is 0. The molecule has 1 aromatic heterocycles. The summed E-state index contributed by atoms with van der Waals surface area (Å²) in [5, 5.41) is 2.07. The molecule has 0 atom stereocenters. The van der Waals surface area contributed by atoms with E-state index in [2.05, 4.69) is 4.98 Å². The van der Waals surface area contributed by atoms with Crippen LogP contribution in [-0.2, 0) is 0 Å². The average molecular weight is 236 g/mol. The monoisotopic (exact) mass is 236 g/mol. The Morgan fingerprint density at radius 1 is 1.38 bits per heavy atom. The molecule has 5 heteroatoms. The summed E-state index contributed by atoms with van der Waals surface area (Å²) in [7, 11) is 0. The van der Waals surface area contributed by atoms with Crippen molar-refractivity contribution in [2.24, 2.45) is 0 Å². The van der Waals surface area contributed by atoms with Crippen molar-refractivity contribution in [3.63, 3.8) is 0 Å². The first-order valence-corrected chi connectivity index (χ1v) is 6.41. The lowest BCUT2D eigenvalue weighted by atomic mass is 10.0. The van der Waals surface area contributed by atoms with Gasteiger partial charge < -0.3 is 4.90 Å². The third-order valence-corrected chi connectivity index (χ3v) is 4.30. The highest BCUT2D eigenvalue weighted by molar-refractivity contribution is 7.11. The Bertz CT molecular complexity index is 423. The number of rotatable bonds is 2. The van der Waals surface area contributed by atoms with Crippen molar-refractivity contribution in [1.82, 2.24) is 9.88 Å². The SMILES string of the molecule is O=Cc1nc(C(=O)N2C3CCC2CC3)cs1. The Hall–Kier alpha value is -1.23. The van der Waals surface area contributed by atoms with Gasteiger partial charge in [-0.2, -0.15) is 0 Å². The molecule has 84 valence electrons.